The zero-order valence-corrected chi connectivity index (χ0v) is 21.8. The number of ether oxygens (including phenoxy) is 9. The molecule has 0 aliphatic rings. The minimum absolute atomic E-state index is 0.289. The lowest BCUT2D eigenvalue weighted by atomic mass is 9.94. The SMILES string of the molecule is C=CCOCC(C)(COCCOCCOCCOCCN)COCCOCCOCCOCCN. The maximum atomic E-state index is 5.81. The Hall–Kier alpha value is -0.700. The van der Waals surface area contributed by atoms with Crippen molar-refractivity contribution in [2.75, 3.05) is 132 Å². The van der Waals surface area contributed by atoms with E-state index in [2.05, 4.69) is 13.5 Å². The highest BCUT2D eigenvalue weighted by molar-refractivity contribution is 4.75. The normalized spacial score (nSPS) is 11.9. The zero-order chi connectivity index (χ0) is 25.7. The van der Waals surface area contributed by atoms with Gasteiger partial charge in [0, 0.05) is 18.5 Å². The lowest BCUT2D eigenvalue weighted by Gasteiger charge is -2.29. The van der Waals surface area contributed by atoms with E-state index in [1.54, 1.807) is 6.08 Å². The standard InChI is InChI=1S/C24H50N2O9/c1-3-6-33-21-24(2,22-34-19-17-31-15-13-29-11-9-27-7-4-25)23-35-20-18-32-16-14-30-12-10-28-8-5-26/h3H,1,4-23,25-26H2,2H3. The third kappa shape index (κ3) is 26.2. The van der Waals surface area contributed by atoms with Crippen molar-refractivity contribution in [3.8, 4) is 0 Å². The van der Waals surface area contributed by atoms with Crippen molar-refractivity contribution >= 4 is 0 Å². The van der Waals surface area contributed by atoms with E-state index in [9.17, 15) is 0 Å². The lowest BCUT2D eigenvalue weighted by molar-refractivity contribution is -0.0743. The molecule has 210 valence electrons. The molecule has 0 amide bonds. The first kappa shape index (κ1) is 34.3. The van der Waals surface area contributed by atoms with Gasteiger partial charge in [0.15, 0.2) is 0 Å². The summed E-state index contributed by atoms with van der Waals surface area (Å²) in [6.45, 7) is 16.0. The van der Waals surface area contributed by atoms with Crippen molar-refractivity contribution in [3.63, 3.8) is 0 Å². The zero-order valence-electron chi connectivity index (χ0n) is 21.8. The maximum absolute atomic E-state index is 5.81. The molecule has 0 saturated carbocycles. The molecule has 0 radical (unpaired) electrons. The maximum Gasteiger partial charge on any atom is 0.0701 e. The minimum Gasteiger partial charge on any atom is -0.378 e. The predicted octanol–water partition coefficient (Wildman–Crippen LogP) is 0.246. The number of rotatable bonds is 30. The quantitative estimate of drug-likeness (QED) is 0.102. The lowest BCUT2D eigenvalue weighted by Crippen LogP contribution is -2.35. The van der Waals surface area contributed by atoms with Crippen molar-refractivity contribution in [1.82, 2.24) is 0 Å². The average Bonchev–Trinajstić information content (AvgIpc) is 2.85. The van der Waals surface area contributed by atoms with Crippen LogP contribution in [0, 0.1) is 5.41 Å². The fraction of sp³-hybridized carbons (Fsp3) is 0.917. The molecular formula is C24H50N2O9. The Morgan fingerprint density at radius 2 is 0.771 bits per heavy atom. The van der Waals surface area contributed by atoms with Gasteiger partial charge >= 0.3 is 0 Å². The highest BCUT2D eigenvalue weighted by atomic mass is 16.6. The van der Waals surface area contributed by atoms with E-state index >= 15 is 0 Å². The van der Waals surface area contributed by atoms with Crippen LogP contribution in [0.15, 0.2) is 12.7 Å². The van der Waals surface area contributed by atoms with E-state index < -0.39 is 0 Å². The van der Waals surface area contributed by atoms with Crippen molar-refractivity contribution in [3.05, 3.63) is 12.7 Å². The van der Waals surface area contributed by atoms with Crippen LogP contribution in [0.25, 0.3) is 0 Å². The number of nitrogens with two attached hydrogens (primary N) is 2. The molecule has 0 aromatic carbocycles. The van der Waals surface area contributed by atoms with E-state index in [-0.39, 0.29) is 5.41 Å². The monoisotopic (exact) mass is 510 g/mol. The molecule has 0 unspecified atom stereocenters. The fourth-order valence-electron chi connectivity index (χ4n) is 2.64. The Morgan fingerprint density at radius 3 is 1.09 bits per heavy atom. The van der Waals surface area contributed by atoms with Crippen molar-refractivity contribution in [2.45, 2.75) is 6.92 Å². The van der Waals surface area contributed by atoms with Gasteiger partial charge in [-0.3, -0.25) is 0 Å². The molecule has 0 aromatic heterocycles. The van der Waals surface area contributed by atoms with Gasteiger partial charge < -0.3 is 54.1 Å². The van der Waals surface area contributed by atoms with Gasteiger partial charge in [-0.2, -0.15) is 0 Å². The molecule has 11 heteroatoms. The molecule has 0 saturated heterocycles. The Balaban J connectivity index is 3.76. The van der Waals surface area contributed by atoms with Gasteiger partial charge in [0.25, 0.3) is 0 Å². The summed E-state index contributed by atoms with van der Waals surface area (Å²) in [5.41, 5.74) is 10.4. The molecule has 0 bridgehead atoms. The van der Waals surface area contributed by atoms with Crippen molar-refractivity contribution in [2.24, 2.45) is 16.9 Å². The molecule has 0 aromatic rings. The summed E-state index contributed by atoms with van der Waals surface area (Å²) in [5, 5.41) is 0. The largest absolute Gasteiger partial charge is 0.378 e. The van der Waals surface area contributed by atoms with Crippen LogP contribution in [0.2, 0.25) is 0 Å². The van der Waals surface area contributed by atoms with E-state index in [1.165, 1.54) is 0 Å². The summed E-state index contributed by atoms with van der Waals surface area (Å²) < 4.78 is 49.6. The average molecular weight is 511 g/mol. The van der Waals surface area contributed by atoms with Gasteiger partial charge in [0.1, 0.15) is 0 Å². The van der Waals surface area contributed by atoms with E-state index in [4.69, 9.17) is 54.1 Å². The first-order chi connectivity index (χ1) is 17.2. The van der Waals surface area contributed by atoms with E-state index in [0.29, 0.717) is 132 Å². The van der Waals surface area contributed by atoms with Gasteiger partial charge in [-0.1, -0.05) is 13.0 Å². The second-order valence-corrected chi connectivity index (χ2v) is 7.97. The Labute approximate surface area is 211 Å². The van der Waals surface area contributed by atoms with E-state index in [0.717, 1.165) is 0 Å². The molecule has 0 aliphatic carbocycles. The molecule has 0 heterocycles. The first-order valence-electron chi connectivity index (χ1n) is 12.4. The van der Waals surface area contributed by atoms with Gasteiger partial charge in [-0.05, 0) is 0 Å². The van der Waals surface area contributed by atoms with Crippen molar-refractivity contribution in [1.29, 1.82) is 0 Å². The summed E-state index contributed by atoms with van der Waals surface area (Å²) in [6, 6.07) is 0. The summed E-state index contributed by atoms with van der Waals surface area (Å²) in [4.78, 5) is 0. The molecule has 0 aliphatic heterocycles. The minimum atomic E-state index is -0.289. The molecule has 35 heavy (non-hydrogen) atoms. The summed E-state index contributed by atoms with van der Waals surface area (Å²) in [7, 11) is 0. The Bertz CT molecular complexity index is 406. The smallest absolute Gasteiger partial charge is 0.0701 e. The molecule has 0 spiro atoms. The van der Waals surface area contributed by atoms with Gasteiger partial charge in [0.2, 0.25) is 0 Å². The predicted molar refractivity (Wildman–Crippen MR) is 134 cm³/mol. The second-order valence-electron chi connectivity index (χ2n) is 7.97. The van der Waals surface area contributed by atoms with E-state index in [1.807, 2.05) is 0 Å². The third-order valence-electron chi connectivity index (χ3n) is 4.34. The summed E-state index contributed by atoms with van der Waals surface area (Å²) in [5.74, 6) is 0. The molecule has 0 fully saturated rings. The van der Waals surface area contributed by atoms with Crippen LogP contribution in [0.4, 0.5) is 0 Å². The fourth-order valence-corrected chi connectivity index (χ4v) is 2.64. The molecule has 4 N–H and O–H groups in total. The second kappa shape index (κ2) is 27.9. The van der Waals surface area contributed by atoms with Gasteiger partial charge in [-0.25, -0.2) is 0 Å². The van der Waals surface area contributed by atoms with Crippen LogP contribution < -0.4 is 11.5 Å². The van der Waals surface area contributed by atoms with Gasteiger partial charge in [0.05, 0.1) is 119 Å². The van der Waals surface area contributed by atoms with Crippen LogP contribution in [0.1, 0.15) is 6.92 Å². The van der Waals surface area contributed by atoms with Gasteiger partial charge in [-0.15, -0.1) is 6.58 Å². The number of hydrogen-bond acceptors (Lipinski definition) is 11. The molecule has 0 rings (SSSR count). The summed E-state index contributed by atoms with van der Waals surface area (Å²) >= 11 is 0. The highest BCUT2D eigenvalue weighted by Crippen LogP contribution is 2.18. The van der Waals surface area contributed by atoms with Crippen LogP contribution in [0.3, 0.4) is 0 Å². The molecule has 11 nitrogen and oxygen atoms in total. The van der Waals surface area contributed by atoms with Crippen LogP contribution in [-0.4, -0.2) is 132 Å². The highest BCUT2D eigenvalue weighted by Gasteiger charge is 2.25. The van der Waals surface area contributed by atoms with Crippen LogP contribution >= 0.6 is 0 Å². The number of hydrogen-bond donors (Lipinski definition) is 2. The van der Waals surface area contributed by atoms with Crippen LogP contribution in [-0.2, 0) is 42.6 Å². The Kier molecular flexibility index (Phi) is 27.3. The Morgan fingerprint density at radius 1 is 0.486 bits per heavy atom. The third-order valence-corrected chi connectivity index (χ3v) is 4.34. The van der Waals surface area contributed by atoms with Crippen LogP contribution in [0.5, 0.6) is 0 Å². The topological polar surface area (TPSA) is 135 Å². The molecule has 0 atom stereocenters. The summed E-state index contributed by atoms with van der Waals surface area (Å²) in [6.07, 6.45) is 1.72. The first-order valence-corrected chi connectivity index (χ1v) is 12.4. The molecular weight excluding hydrogens is 460 g/mol. The van der Waals surface area contributed by atoms with Crippen molar-refractivity contribution < 1.29 is 42.6 Å².